The number of aliphatic hydroxyl groups is 1. The van der Waals surface area contributed by atoms with Gasteiger partial charge in [-0.2, -0.15) is 0 Å². The summed E-state index contributed by atoms with van der Waals surface area (Å²) in [5.74, 6) is -0.0625. The number of pyridine rings is 1. The third-order valence-electron chi connectivity index (χ3n) is 9.24. The van der Waals surface area contributed by atoms with Gasteiger partial charge in [-0.1, -0.05) is 63.8 Å². The number of hydrogen-bond acceptors (Lipinski definition) is 4. The van der Waals surface area contributed by atoms with Crippen LogP contribution < -0.4 is 0 Å². The molecule has 0 saturated heterocycles. The van der Waals surface area contributed by atoms with Crippen LogP contribution in [0.15, 0.2) is 83.1 Å². The minimum absolute atomic E-state index is 0. The molecule has 0 saturated carbocycles. The maximum atomic E-state index is 10.0. The number of hydrogen-bond donors (Lipinski definition) is 1. The van der Waals surface area contributed by atoms with E-state index in [1.807, 2.05) is 6.20 Å². The Balaban J connectivity index is 0.000000452. The summed E-state index contributed by atoms with van der Waals surface area (Å²) in [5, 5.41) is 15.4. The van der Waals surface area contributed by atoms with Crippen LogP contribution in [-0.2, 0) is 42.2 Å². The largest absolute Gasteiger partial charge is 0.512 e. The predicted molar refractivity (Wildman–Crippen MR) is 183 cm³/mol. The molecule has 1 aliphatic carbocycles. The second-order valence-corrected chi connectivity index (χ2v) is 13.5. The molecule has 2 aromatic heterocycles. The molecule has 0 aliphatic heterocycles. The van der Waals surface area contributed by atoms with Crippen molar-refractivity contribution in [2.75, 3.05) is 0 Å². The van der Waals surface area contributed by atoms with Crippen molar-refractivity contribution >= 4 is 49.3 Å². The molecule has 2 heterocycles. The molecule has 0 fully saturated rings. The Morgan fingerprint density at radius 1 is 0.889 bits per heavy atom. The number of ketones is 1. The molecule has 4 aromatic carbocycles. The molecule has 0 atom stereocenters. The number of aryl methyl sites for hydroxylation is 1. The van der Waals surface area contributed by atoms with Gasteiger partial charge in [-0.15, -0.1) is 29.1 Å². The van der Waals surface area contributed by atoms with Crippen LogP contribution in [0.5, 0.6) is 0 Å². The summed E-state index contributed by atoms with van der Waals surface area (Å²) in [6, 6.07) is 25.8. The number of allylic oxidation sites excluding steroid dienone is 2. The second kappa shape index (κ2) is 12.2. The van der Waals surface area contributed by atoms with Gasteiger partial charge in [-0.3, -0.25) is 9.78 Å². The minimum atomic E-state index is -0.125. The van der Waals surface area contributed by atoms with Crippen LogP contribution in [0, 0.1) is 6.07 Å². The molecule has 0 unspecified atom stereocenters. The molecule has 1 aliphatic rings. The summed E-state index contributed by atoms with van der Waals surface area (Å²) in [5.41, 5.74) is 8.48. The van der Waals surface area contributed by atoms with Gasteiger partial charge in [0.1, 0.15) is 11.2 Å². The molecule has 0 spiro atoms. The maximum Gasteiger partial charge on any atom is 0.155 e. The number of carbonyl (C=O) groups excluding carboxylic acids is 1. The summed E-state index contributed by atoms with van der Waals surface area (Å²) >= 11 is 0. The maximum absolute atomic E-state index is 10.0. The molecule has 1 radical (unpaired) electrons. The van der Waals surface area contributed by atoms with Crippen molar-refractivity contribution in [3.8, 4) is 11.3 Å². The summed E-state index contributed by atoms with van der Waals surface area (Å²) in [6.07, 6.45) is 6.44. The van der Waals surface area contributed by atoms with Crippen LogP contribution in [0.2, 0.25) is 0 Å². The van der Waals surface area contributed by atoms with Gasteiger partial charge in [0.05, 0.1) is 5.76 Å². The van der Waals surface area contributed by atoms with E-state index in [2.05, 4.69) is 101 Å². The topological polar surface area (TPSA) is 63.3 Å². The molecule has 7 rings (SSSR count). The van der Waals surface area contributed by atoms with E-state index < -0.39 is 0 Å². The Hall–Kier alpha value is -3.79. The summed E-state index contributed by atoms with van der Waals surface area (Å²) in [6.45, 7) is 14.6. The molecule has 6 aromatic rings. The Bertz CT molecular complexity index is 2110. The molecular formula is C40H40IrNO3-. The number of aliphatic hydroxyl groups excluding tert-OH is 1. The Morgan fingerprint density at radius 3 is 2.18 bits per heavy atom. The molecule has 5 heteroatoms. The third kappa shape index (κ3) is 6.09. The van der Waals surface area contributed by atoms with Crippen molar-refractivity contribution in [1.82, 2.24) is 4.98 Å². The van der Waals surface area contributed by atoms with Crippen molar-refractivity contribution in [3.63, 3.8) is 0 Å². The molecule has 0 amide bonds. The standard InChI is InChI=1S/C35H32NO.C5H8O2.Ir/c1-6-21-15-24(16-22-9-7-8-10-25(21)22)33-26-18-27-28-19-29-30(35(4,5)13-12-34(29,2)3)20-32(28)37-31(27)17-23(26)11-14-36-33;1-4(6)3-5(2)7;/h7-11,14-15,17-20H,6,12-13H2,1-5H3;3,6H,1-2H3;/q-1;;/b;4-3-;. The molecule has 1 N–H and O–H groups in total. The van der Waals surface area contributed by atoms with Crippen molar-refractivity contribution in [3.05, 3.63) is 101 Å². The van der Waals surface area contributed by atoms with E-state index in [1.54, 1.807) is 0 Å². The van der Waals surface area contributed by atoms with Crippen LogP contribution in [0.4, 0.5) is 0 Å². The smallest absolute Gasteiger partial charge is 0.155 e. The Labute approximate surface area is 278 Å². The monoisotopic (exact) mass is 775 g/mol. The fourth-order valence-corrected chi connectivity index (χ4v) is 6.74. The number of benzene rings is 4. The second-order valence-electron chi connectivity index (χ2n) is 13.5. The summed E-state index contributed by atoms with van der Waals surface area (Å²) < 4.78 is 6.50. The van der Waals surface area contributed by atoms with Crippen molar-refractivity contribution in [2.45, 2.75) is 78.6 Å². The fraction of sp³-hybridized carbons (Fsp3) is 0.300. The van der Waals surface area contributed by atoms with Crippen molar-refractivity contribution in [2.24, 2.45) is 0 Å². The molecular weight excluding hydrogens is 735 g/mol. The van der Waals surface area contributed by atoms with Crippen LogP contribution >= 0.6 is 0 Å². The normalized spacial score (nSPS) is 15.4. The quantitative estimate of drug-likeness (QED) is 0.110. The molecule has 0 bridgehead atoms. The summed E-state index contributed by atoms with van der Waals surface area (Å²) in [7, 11) is 0. The third-order valence-corrected chi connectivity index (χ3v) is 9.24. The van der Waals surface area contributed by atoms with Crippen LogP contribution in [0.3, 0.4) is 0 Å². The van der Waals surface area contributed by atoms with Gasteiger partial charge in [0.2, 0.25) is 0 Å². The van der Waals surface area contributed by atoms with Gasteiger partial charge < -0.3 is 9.52 Å². The SMILES string of the molecule is CC(=O)/C=C(/C)O.CCc1cc(-c2nccc3cc4oc5cc6c(cc5c4cc23)C(C)(C)CCC6(C)C)[c-]c2ccccc12.[Ir]. The molecule has 45 heavy (non-hydrogen) atoms. The van der Waals surface area contributed by atoms with Gasteiger partial charge in [0.15, 0.2) is 5.78 Å². The van der Waals surface area contributed by atoms with Gasteiger partial charge in [0, 0.05) is 48.8 Å². The number of rotatable bonds is 3. The minimum Gasteiger partial charge on any atom is -0.512 e. The molecule has 4 nitrogen and oxygen atoms in total. The predicted octanol–water partition coefficient (Wildman–Crippen LogP) is 10.7. The fourth-order valence-electron chi connectivity index (χ4n) is 6.74. The first-order chi connectivity index (χ1) is 20.9. The first-order valence-electron chi connectivity index (χ1n) is 15.5. The summed E-state index contributed by atoms with van der Waals surface area (Å²) in [4.78, 5) is 14.9. The van der Waals surface area contributed by atoms with Gasteiger partial charge >= 0.3 is 0 Å². The first-order valence-corrected chi connectivity index (χ1v) is 15.5. The number of furan rings is 1. The van der Waals surface area contributed by atoms with E-state index in [1.165, 1.54) is 60.2 Å². The van der Waals surface area contributed by atoms with E-state index in [-0.39, 0.29) is 42.5 Å². The van der Waals surface area contributed by atoms with Gasteiger partial charge in [-0.25, -0.2) is 0 Å². The van der Waals surface area contributed by atoms with E-state index >= 15 is 0 Å². The zero-order valence-corrected chi connectivity index (χ0v) is 29.5. The first kappa shape index (κ1) is 32.6. The zero-order valence-electron chi connectivity index (χ0n) is 27.1. The van der Waals surface area contributed by atoms with E-state index in [0.717, 1.165) is 50.4 Å². The van der Waals surface area contributed by atoms with Crippen molar-refractivity contribution < 1.29 is 34.4 Å². The van der Waals surface area contributed by atoms with Crippen molar-refractivity contribution in [1.29, 1.82) is 0 Å². The van der Waals surface area contributed by atoms with E-state index in [0.29, 0.717) is 0 Å². The molecule has 233 valence electrons. The zero-order chi connectivity index (χ0) is 31.4. The van der Waals surface area contributed by atoms with E-state index in [9.17, 15) is 4.79 Å². The van der Waals surface area contributed by atoms with Gasteiger partial charge in [0.25, 0.3) is 0 Å². The van der Waals surface area contributed by atoms with Crippen LogP contribution in [0.1, 0.15) is 78.0 Å². The number of fused-ring (bicyclic) bond motifs is 6. The average Bonchev–Trinajstić information content (AvgIpc) is 3.33. The van der Waals surface area contributed by atoms with Crippen LogP contribution in [-0.4, -0.2) is 15.9 Å². The van der Waals surface area contributed by atoms with E-state index in [4.69, 9.17) is 14.5 Å². The van der Waals surface area contributed by atoms with Crippen LogP contribution in [0.25, 0.3) is 54.7 Å². The Kier molecular flexibility index (Phi) is 8.83. The van der Waals surface area contributed by atoms with Gasteiger partial charge in [-0.05, 0) is 96.2 Å². The number of aromatic nitrogens is 1. The average molecular weight is 775 g/mol. The number of carbonyl (C=O) groups is 1. The number of nitrogens with zero attached hydrogens (tertiary/aromatic N) is 1. The Morgan fingerprint density at radius 2 is 1.53 bits per heavy atom.